The van der Waals surface area contributed by atoms with Crippen LogP contribution >= 0.6 is 0 Å². The minimum absolute atomic E-state index is 0.0408. The van der Waals surface area contributed by atoms with E-state index in [1.807, 2.05) is 6.07 Å². The number of piperidine rings is 1. The van der Waals surface area contributed by atoms with Gasteiger partial charge in [-0.05, 0) is 37.1 Å². The number of hydrogen-bond donors (Lipinski definition) is 0. The van der Waals surface area contributed by atoms with E-state index in [2.05, 4.69) is 23.1 Å². The average molecular weight is 277 g/mol. The molecule has 0 saturated carbocycles. The predicted molar refractivity (Wildman–Crippen MR) is 76.7 cm³/mol. The van der Waals surface area contributed by atoms with Gasteiger partial charge < -0.3 is 14.2 Å². The zero-order chi connectivity index (χ0) is 13.8. The van der Waals surface area contributed by atoms with Crippen LogP contribution in [0.1, 0.15) is 24.8 Å². The number of likely N-dealkylation sites (tertiary alicyclic amines) is 1. The van der Waals surface area contributed by atoms with Crippen LogP contribution in [-0.4, -0.2) is 44.1 Å². The van der Waals surface area contributed by atoms with Crippen LogP contribution < -0.4 is 4.74 Å². The maximum Gasteiger partial charge on any atom is 0.173 e. The summed E-state index contributed by atoms with van der Waals surface area (Å²) in [7, 11) is 1.71. The molecule has 0 bridgehead atoms. The topological polar surface area (TPSA) is 30.9 Å². The minimum atomic E-state index is -0.0408. The molecule has 0 aromatic heterocycles. The summed E-state index contributed by atoms with van der Waals surface area (Å²) in [6.07, 6.45) is 3.64. The Bertz CT molecular complexity index is 431. The van der Waals surface area contributed by atoms with Crippen LogP contribution in [-0.2, 0) is 16.0 Å². The number of methoxy groups -OCH3 is 1. The Morgan fingerprint density at radius 3 is 2.90 bits per heavy atom. The molecular weight excluding hydrogens is 254 g/mol. The third-order valence-corrected chi connectivity index (χ3v) is 4.15. The van der Waals surface area contributed by atoms with Crippen molar-refractivity contribution >= 4 is 0 Å². The summed E-state index contributed by atoms with van der Waals surface area (Å²) < 4.78 is 16.7. The number of nitrogens with zero attached hydrogens (tertiary/aromatic N) is 1. The Balaban J connectivity index is 1.69. The predicted octanol–water partition coefficient (Wildman–Crippen LogP) is 2.42. The van der Waals surface area contributed by atoms with E-state index in [1.54, 1.807) is 7.11 Å². The largest absolute Gasteiger partial charge is 0.497 e. The number of benzene rings is 1. The fourth-order valence-electron chi connectivity index (χ4n) is 3.13. The first-order valence-electron chi connectivity index (χ1n) is 7.47. The fourth-order valence-corrected chi connectivity index (χ4v) is 3.13. The van der Waals surface area contributed by atoms with Gasteiger partial charge in [0.2, 0.25) is 0 Å². The molecule has 0 amide bonds. The first-order valence-corrected chi connectivity index (χ1v) is 7.47. The van der Waals surface area contributed by atoms with E-state index >= 15 is 0 Å². The molecular formula is C16H23NO3. The lowest BCUT2D eigenvalue weighted by Crippen LogP contribution is -2.46. The lowest BCUT2D eigenvalue weighted by atomic mass is 10.0. The van der Waals surface area contributed by atoms with Crippen molar-refractivity contribution in [2.75, 3.05) is 26.9 Å². The Labute approximate surface area is 120 Å². The molecule has 1 unspecified atom stereocenters. The molecule has 2 saturated heterocycles. The average Bonchev–Trinajstić information content (AvgIpc) is 3.02. The third-order valence-electron chi connectivity index (χ3n) is 4.15. The smallest absolute Gasteiger partial charge is 0.173 e. The maximum absolute atomic E-state index is 5.72. The van der Waals surface area contributed by atoms with Crippen molar-refractivity contribution in [1.82, 2.24) is 4.90 Å². The van der Waals surface area contributed by atoms with E-state index in [4.69, 9.17) is 14.2 Å². The number of ether oxygens (including phenoxy) is 3. The highest BCUT2D eigenvalue weighted by Gasteiger charge is 2.33. The minimum Gasteiger partial charge on any atom is -0.497 e. The van der Waals surface area contributed by atoms with Crippen molar-refractivity contribution in [3.63, 3.8) is 0 Å². The highest BCUT2D eigenvalue weighted by molar-refractivity contribution is 5.28. The molecule has 0 N–H and O–H groups in total. The summed E-state index contributed by atoms with van der Waals surface area (Å²) in [6, 6.07) is 8.69. The second-order valence-electron chi connectivity index (χ2n) is 5.50. The van der Waals surface area contributed by atoms with Crippen LogP contribution in [0, 0.1) is 0 Å². The van der Waals surface area contributed by atoms with Crippen LogP contribution in [0.4, 0.5) is 0 Å². The first-order chi connectivity index (χ1) is 9.86. The normalized spacial score (nSPS) is 24.9. The Hall–Kier alpha value is -1.10. The molecule has 20 heavy (non-hydrogen) atoms. The quantitative estimate of drug-likeness (QED) is 0.846. The van der Waals surface area contributed by atoms with Gasteiger partial charge in [-0.3, -0.25) is 4.90 Å². The van der Waals surface area contributed by atoms with Gasteiger partial charge in [-0.1, -0.05) is 18.6 Å². The summed E-state index contributed by atoms with van der Waals surface area (Å²) in [5.41, 5.74) is 1.29. The molecule has 2 aliphatic heterocycles. The van der Waals surface area contributed by atoms with E-state index in [0.717, 1.165) is 38.5 Å². The van der Waals surface area contributed by atoms with E-state index in [-0.39, 0.29) is 6.29 Å². The van der Waals surface area contributed by atoms with Crippen LogP contribution in [0.2, 0.25) is 0 Å². The molecule has 2 aliphatic rings. The van der Waals surface area contributed by atoms with Crippen LogP contribution in [0.5, 0.6) is 5.75 Å². The molecule has 2 fully saturated rings. The lowest BCUT2D eigenvalue weighted by molar-refractivity contribution is -0.111. The number of hydrogen-bond acceptors (Lipinski definition) is 4. The van der Waals surface area contributed by atoms with Crippen LogP contribution in [0.15, 0.2) is 24.3 Å². The molecule has 1 atom stereocenters. The van der Waals surface area contributed by atoms with Gasteiger partial charge in [0.1, 0.15) is 5.75 Å². The molecule has 4 nitrogen and oxygen atoms in total. The van der Waals surface area contributed by atoms with Gasteiger partial charge in [-0.2, -0.15) is 0 Å². The molecule has 2 heterocycles. The monoisotopic (exact) mass is 277 g/mol. The van der Waals surface area contributed by atoms with E-state index in [0.29, 0.717) is 6.04 Å². The van der Waals surface area contributed by atoms with Crippen molar-refractivity contribution in [2.24, 2.45) is 0 Å². The van der Waals surface area contributed by atoms with Gasteiger partial charge in [0, 0.05) is 6.54 Å². The summed E-state index contributed by atoms with van der Waals surface area (Å²) in [5, 5.41) is 0. The maximum atomic E-state index is 5.72. The molecule has 1 aromatic carbocycles. The zero-order valence-corrected chi connectivity index (χ0v) is 12.1. The molecule has 0 spiro atoms. The standard InChI is InChI=1S/C16H23NO3/c1-18-14-6-4-5-13(11-14)12-17-8-3-2-7-15(17)16-19-9-10-20-16/h4-6,11,15-16H,2-3,7-10,12H2,1H3. The van der Waals surface area contributed by atoms with Crippen molar-refractivity contribution < 1.29 is 14.2 Å². The van der Waals surface area contributed by atoms with Crippen molar-refractivity contribution in [3.8, 4) is 5.75 Å². The number of rotatable bonds is 4. The highest BCUT2D eigenvalue weighted by Crippen LogP contribution is 2.26. The van der Waals surface area contributed by atoms with Gasteiger partial charge in [0.05, 0.1) is 26.4 Å². The second kappa shape index (κ2) is 6.57. The van der Waals surface area contributed by atoms with E-state index < -0.39 is 0 Å². The van der Waals surface area contributed by atoms with Gasteiger partial charge in [0.25, 0.3) is 0 Å². The summed E-state index contributed by atoms with van der Waals surface area (Å²) >= 11 is 0. The molecule has 110 valence electrons. The van der Waals surface area contributed by atoms with Gasteiger partial charge in [-0.15, -0.1) is 0 Å². The Morgan fingerprint density at radius 1 is 1.25 bits per heavy atom. The summed E-state index contributed by atoms with van der Waals surface area (Å²) in [6.45, 7) is 3.51. The SMILES string of the molecule is COc1cccc(CN2CCCCC2C2OCCO2)c1. The lowest BCUT2D eigenvalue weighted by Gasteiger charge is -2.38. The fraction of sp³-hybridized carbons (Fsp3) is 0.625. The molecule has 4 heteroatoms. The van der Waals surface area contributed by atoms with Gasteiger partial charge in [0.15, 0.2) is 6.29 Å². The van der Waals surface area contributed by atoms with Gasteiger partial charge >= 0.3 is 0 Å². The van der Waals surface area contributed by atoms with Crippen molar-refractivity contribution in [2.45, 2.75) is 38.1 Å². The highest BCUT2D eigenvalue weighted by atomic mass is 16.7. The van der Waals surface area contributed by atoms with E-state index in [1.165, 1.54) is 18.4 Å². The third kappa shape index (κ3) is 3.14. The molecule has 3 rings (SSSR count). The van der Waals surface area contributed by atoms with Crippen molar-refractivity contribution in [3.05, 3.63) is 29.8 Å². The van der Waals surface area contributed by atoms with Crippen LogP contribution in [0.25, 0.3) is 0 Å². The Kier molecular flexibility index (Phi) is 4.55. The first kappa shape index (κ1) is 13.9. The molecule has 0 aliphatic carbocycles. The second-order valence-corrected chi connectivity index (χ2v) is 5.50. The summed E-state index contributed by atoms with van der Waals surface area (Å²) in [5.74, 6) is 0.921. The summed E-state index contributed by atoms with van der Waals surface area (Å²) in [4.78, 5) is 2.49. The van der Waals surface area contributed by atoms with Crippen molar-refractivity contribution in [1.29, 1.82) is 0 Å². The Morgan fingerprint density at radius 2 is 2.10 bits per heavy atom. The van der Waals surface area contributed by atoms with E-state index in [9.17, 15) is 0 Å². The van der Waals surface area contributed by atoms with Crippen LogP contribution in [0.3, 0.4) is 0 Å². The molecule has 0 radical (unpaired) electrons. The molecule has 1 aromatic rings. The zero-order valence-electron chi connectivity index (χ0n) is 12.1. The van der Waals surface area contributed by atoms with Gasteiger partial charge in [-0.25, -0.2) is 0 Å².